The van der Waals surface area contributed by atoms with Gasteiger partial charge in [-0.05, 0) is 38.6 Å². The van der Waals surface area contributed by atoms with Gasteiger partial charge >= 0.3 is 0 Å². The highest BCUT2D eigenvalue weighted by Gasteiger charge is 2.22. The maximum Gasteiger partial charge on any atom is 0.0673 e. The third-order valence-electron chi connectivity index (χ3n) is 3.44. The van der Waals surface area contributed by atoms with Crippen LogP contribution < -0.4 is 5.32 Å². The van der Waals surface area contributed by atoms with Gasteiger partial charge < -0.3 is 15.0 Å². The molecule has 1 aliphatic heterocycles. The molecule has 0 aromatic rings. The lowest BCUT2D eigenvalue weighted by Gasteiger charge is -2.25. The molecule has 2 atom stereocenters. The van der Waals surface area contributed by atoms with Crippen molar-refractivity contribution in [3.63, 3.8) is 0 Å². The van der Waals surface area contributed by atoms with Crippen LogP contribution in [0.5, 0.6) is 0 Å². The molecule has 3 heteroatoms. The second kappa shape index (κ2) is 5.99. The van der Waals surface area contributed by atoms with Gasteiger partial charge in [-0.15, -0.1) is 0 Å². The second-order valence-corrected chi connectivity index (χ2v) is 5.58. The molecule has 0 aromatic carbocycles. The third-order valence-corrected chi connectivity index (χ3v) is 3.44. The molecule has 2 unspecified atom stereocenters. The fourth-order valence-corrected chi connectivity index (χ4v) is 2.41. The predicted molar refractivity (Wildman–Crippen MR) is 66.7 cm³/mol. The van der Waals surface area contributed by atoms with Gasteiger partial charge in [-0.1, -0.05) is 6.92 Å². The van der Waals surface area contributed by atoms with E-state index in [-0.39, 0.29) is 0 Å². The molecule has 3 nitrogen and oxygen atoms in total. The van der Waals surface area contributed by atoms with Crippen molar-refractivity contribution in [1.29, 1.82) is 0 Å². The van der Waals surface area contributed by atoms with Crippen molar-refractivity contribution in [2.24, 2.45) is 5.92 Å². The van der Waals surface area contributed by atoms with Gasteiger partial charge in [0.1, 0.15) is 0 Å². The van der Waals surface area contributed by atoms with Gasteiger partial charge in [0.15, 0.2) is 0 Å². The Morgan fingerprint density at radius 3 is 3.00 bits per heavy atom. The summed E-state index contributed by atoms with van der Waals surface area (Å²) < 4.78 is 5.67. The van der Waals surface area contributed by atoms with Crippen LogP contribution in [0.25, 0.3) is 0 Å². The van der Waals surface area contributed by atoms with Gasteiger partial charge in [-0.3, -0.25) is 0 Å². The summed E-state index contributed by atoms with van der Waals surface area (Å²) in [6.45, 7) is 10.2. The minimum Gasteiger partial charge on any atom is -0.377 e. The molecule has 1 aliphatic carbocycles. The lowest BCUT2D eigenvalue weighted by Crippen LogP contribution is -2.37. The summed E-state index contributed by atoms with van der Waals surface area (Å²) in [7, 11) is 0. The highest BCUT2D eigenvalue weighted by atomic mass is 16.5. The molecule has 0 amide bonds. The van der Waals surface area contributed by atoms with Gasteiger partial charge in [0, 0.05) is 32.3 Å². The number of ether oxygens (including phenoxy) is 1. The van der Waals surface area contributed by atoms with Crippen LogP contribution in [0, 0.1) is 5.92 Å². The zero-order chi connectivity index (χ0) is 11.4. The van der Waals surface area contributed by atoms with E-state index in [1.807, 2.05) is 0 Å². The minimum absolute atomic E-state index is 0.408. The van der Waals surface area contributed by atoms with Crippen molar-refractivity contribution < 1.29 is 4.74 Å². The summed E-state index contributed by atoms with van der Waals surface area (Å²) >= 11 is 0. The molecule has 0 bridgehead atoms. The summed E-state index contributed by atoms with van der Waals surface area (Å²) in [5, 5.41) is 3.61. The fourth-order valence-electron chi connectivity index (χ4n) is 2.41. The van der Waals surface area contributed by atoms with Crippen molar-refractivity contribution in [2.45, 2.75) is 45.3 Å². The van der Waals surface area contributed by atoms with E-state index in [4.69, 9.17) is 4.74 Å². The Balaban J connectivity index is 1.65. The molecular formula is C13H26N2O. The molecule has 0 spiro atoms. The fraction of sp³-hybridized carbons (Fsp3) is 1.00. The molecule has 16 heavy (non-hydrogen) atoms. The van der Waals surface area contributed by atoms with E-state index in [1.54, 1.807) is 0 Å². The summed E-state index contributed by atoms with van der Waals surface area (Å²) in [5.41, 5.74) is 0. The van der Waals surface area contributed by atoms with E-state index in [2.05, 4.69) is 24.1 Å². The zero-order valence-electron chi connectivity index (χ0n) is 10.7. The van der Waals surface area contributed by atoms with E-state index in [0.29, 0.717) is 6.10 Å². The number of rotatable bonds is 5. The standard InChI is InChI=1S/C13H26N2O/c1-11(8-14-13-4-5-13)9-15-6-3-7-16-12(2)10-15/h11-14H,3-10H2,1-2H3. The molecule has 0 aromatic heterocycles. The summed E-state index contributed by atoms with van der Waals surface area (Å²) in [6, 6.07) is 0.842. The Bertz CT molecular complexity index is 206. The van der Waals surface area contributed by atoms with Crippen LogP contribution in [0.1, 0.15) is 33.1 Å². The van der Waals surface area contributed by atoms with E-state index >= 15 is 0 Å². The average Bonchev–Trinajstić information content (AvgIpc) is 3.04. The van der Waals surface area contributed by atoms with E-state index in [1.165, 1.54) is 38.9 Å². The Morgan fingerprint density at radius 1 is 1.44 bits per heavy atom. The van der Waals surface area contributed by atoms with Crippen molar-refractivity contribution in [2.75, 3.05) is 32.8 Å². The smallest absolute Gasteiger partial charge is 0.0673 e. The van der Waals surface area contributed by atoms with Crippen LogP contribution in [0.4, 0.5) is 0 Å². The average molecular weight is 226 g/mol. The normalized spacial score (nSPS) is 30.0. The lowest BCUT2D eigenvalue weighted by molar-refractivity contribution is 0.0659. The van der Waals surface area contributed by atoms with E-state index < -0.39 is 0 Å². The predicted octanol–water partition coefficient (Wildman–Crippen LogP) is 1.49. The maximum atomic E-state index is 5.67. The molecule has 1 saturated heterocycles. The van der Waals surface area contributed by atoms with Crippen molar-refractivity contribution >= 4 is 0 Å². The zero-order valence-corrected chi connectivity index (χ0v) is 10.7. The van der Waals surface area contributed by atoms with E-state index in [0.717, 1.165) is 25.1 Å². The molecule has 2 aliphatic rings. The molecule has 1 N–H and O–H groups in total. The van der Waals surface area contributed by atoms with E-state index in [9.17, 15) is 0 Å². The molecule has 0 radical (unpaired) electrons. The van der Waals surface area contributed by atoms with Crippen molar-refractivity contribution in [3.8, 4) is 0 Å². The first kappa shape index (κ1) is 12.3. The molecule has 2 fully saturated rings. The Kier molecular flexibility index (Phi) is 4.62. The monoisotopic (exact) mass is 226 g/mol. The van der Waals surface area contributed by atoms with Gasteiger partial charge in [0.25, 0.3) is 0 Å². The Morgan fingerprint density at radius 2 is 2.25 bits per heavy atom. The maximum absolute atomic E-state index is 5.67. The number of nitrogens with zero attached hydrogens (tertiary/aromatic N) is 1. The molecule has 94 valence electrons. The van der Waals surface area contributed by atoms with Crippen LogP contribution in [0.3, 0.4) is 0 Å². The van der Waals surface area contributed by atoms with Crippen LogP contribution >= 0.6 is 0 Å². The van der Waals surface area contributed by atoms with Crippen LogP contribution in [-0.4, -0.2) is 49.8 Å². The largest absolute Gasteiger partial charge is 0.377 e. The Labute approximate surface area is 99.5 Å². The summed E-state index contributed by atoms with van der Waals surface area (Å²) in [4.78, 5) is 2.57. The highest BCUT2D eigenvalue weighted by Crippen LogP contribution is 2.19. The van der Waals surface area contributed by atoms with Crippen LogP contribution in [0.15, 0.2) is 0 Å². The summed E-state index contributed by atoms with van der Waals surface area (Å²) in [5.74, 6) is 0.755. The highest BCUT2D eigenvalue weighted by molar-refractivity contribution is 4.82. The minimum atomic E-state index is 0.408. The summed E-state index contributed by atoms with van der Waals surface area (Å²) in [6.07, 6.45) is 4.38. The van der Waals surface area contributed by atoms with Gasteiger partial charge in [0.2, 0.25) is 0 Å². The van der Waals surface area contributed by atoms with Crippen molar-refractivity contribution in [3.05, 3.63) is 0 Å². The third kappa shape index (κ3) is 4.40. The molecule has 1 saturated carbocycles. The number of nitrogens with one attached hydrogen (secondary N) is 1. The first-order valence-corrected chi connectivity index (χ1v) is 6.81. The first-order chi connectivity index (χ1) is 7.74. The SMILES string of the molecule is CC(CNC1CC1)CN1CCCOC(C)C1. The van der Waals surface area contributed by atoms with Crippen LogP contribution in [0.2, 0.25) is 0 Å². The molecule has 2 rings (SSSR count). The Hall–Kier alpha value is -0.120. The quantitative estimate of drug-likeness (QED) is 0.768. The molecule has 1 heterocycles. The van der Waals surface area contributed by atoms with Crippen molar-refractivity contribution in [1.82, 2.24) is 10.2 Å². The van der Waals surface area contributed by atoms with Gasteiger partial charge in [-0.25, -0.2) is 0 Å². The number of hydrogen-bond donors (Lipinski definition) is 1. The second-order valence-electron chi connectivity index (χ2n) is 5.58. The lowest BCUT2D eigenvalue weighted by atomic mass is 10.1. The first-order valence-electron chi connectivity index (χ1n) is 6.81. The van der Waals surface area contributed by atoms with Crippen LogP contribution in [-0.2, 0) is 4.74 Å². The number of hydrogen-bond acceptors (Lipinski definition) is 3. The topological polar surface area (TPSA) is 24.5 Å². The van der Waals surface area contributed by atoms with Gasteiger partial charge in [-0.2, -0.15) is 0 Å². The molecular weight excluding hydrogens is 200 g/mol. The van der Waals surface area contributed by atoms with Gasteiger partial charge in [0.05, 0.1) is 6.10 Å².